The van der Waals surface area contributed by atoms with E-state index in [0.29, 0.717) is 0 Å². The number of carbonyl (C=O) groups excluding carboxylic acids is 1. The summed E-state index contributed by atoms with van der Waals surface area (Å²) >= 11 is 0. The van der Waals surface area contributed by atoms with Crippen LogP contribution in [0.15, 0.2) is 24.3 Å². The fraction of sp³-hybridized carbons (Fsp3) is 0.222. The molecule has 1 rings (SSSR count). The molecule has 0 atom stereocenters. The normalized spacial score (nSPS) is 9.42. The van der Waals surface area contributed by atoms with E-state index in [2.05, 4.69) is 4.74 Å². The van der Waals surface area contributed by atoms with Crippen molar-refractivity contribution in [2.75, 3.05) is 7.11 Å². The zero-order chi connectivity index (χ0) is 8.97. The third-order valence-corrected chi connectivity index (χ3v) is 1.51. The maximum atomic E-state index is 10.8. The van der Waals surface area contributed by atoms with E-state index in [1.807, 2.05) is 0 Å². The molecule has 0 saturated heterocycles. The molecule has 0 bridgehead atoms. The minimum absolute atomic E-state index is 0.198. The summed E-state index contributed by atoms with van der Waals surface area (Å²) in [4.78, 5) is 10.8. The van der Waals surface area contributed by atoms with Crippen LogP contribution in [0.1, 0.15) is 5.56 Å². The molecule has 0 aliphatic rings. The first-order valence-electron chi connectivity index (χ1n) is 3.57. The Balaban J connectivity index is 2.64. The second-order valence-electron chi connectivity index (χ2n) is 2.42. The number of carbonyl (C=O) groups is 1. The van der Waals surface area contributed by atoms with E-state index in [1.54, 1.807) is 12.1 Å². The molecular formula is C9H10O3. The van der Waals surface area contributed by atoms with Gasteiger partial charge in [-0.1, -0.05) is 12.1 Å². The van der Waals surface area contributed by atoms with Gasteiger partial charge in [-0.05, 0) is 17.7 Å². The van der Waals surface area contributed by atoms with Crippen LogP contribution in [0.2, 0.25) is 0 Å². The first kappa shape index (κ1) is 8.59. The van der Waals surface area contributed by atoms with E-state index in [-0.39, 0.29) is 18.1 Å². The Kier molecular flexibility index (Phi) is 2.69. The minimum atomic E-state index is -0.277. The maximum Gasteiger partial charge on any atom is 0.309 e. The Morgan fingerprint density at radius 1 is 1.42 bits per heavy atom. The van der Waals surface area contributed by atoms with Crippen molar-refractivity contribution < 1.29 is 14.6 Å². The summed E-state index contributed by atoms with van der Waals surface area (Å²) in [6.45, 7) is 0. The average Bonchev–Trinajstić information content (AvgIpc) is 2.09. The van der Waals surface area contributed by atoms with E-state index in [1.165, 1.54) is 19.2 Å². The second kappa shape index (κ2) is 3.76. The number of rotatable bonds is 2. The lowest BCUT2D eigenvalue weighted by Crippen LogP contribution is -2.03. The molecule has 0 unspecified atom stereocenters. The van der Waals surface area contributed by atoms with E-state index in [4.69, 9.17) is 5.11 Å². The summed E-state index contributed by atoms with van der Waals surface area (Å²) in [5, 5.41) is 8.93. The molecule has 1 N–H and O–H groups in total. The van der Waals surface area contributed by atoms with Crippen LogP contribution in [0.3, 0.4) is 0 Å². The number of ether oxygens (including phenoxy) is 1. The first-order chi connectivity index (χ1) is 5.72. The molecule has 0 aliphatic heterocycles. The van der Waals surface area contributed by atoms with Gasteiger partial charge in [-0.25, -0.2) is 0 Å². The number of hydrogen-bond acceptors (Lipinski definition) is 3. The van der Waals surface area contributed by atoms with Crippen LogP contribution in [0.4, 0.5) is 0 Å². The van der Waals surface area contributed by atoms with Gasteiger partial charge in [0.2, 0.25) is 0 Å². The standard InChI is InChI=1S/C9H10O3/c1-12-9(11)6-7-2-4-8(10)5-3-7/h2-5,10H,6H2,1H3/i9+1. The molecule has 0 amide bonds. The lowest BCUT2D eigenvalue weighted by Gasteiger charge is -1.99. The molecule has 3 nitrogen and oxygen atoms in total. The average molecular weight is 167 g/mol. The van der Waals surface area contributed by atoms with Crippen LogP contribution in [-0.2, 0) is 16.0 Å². The molecule has 0 saturated carbocycles. The van der Waals surface area contributed by atoms with Crippen molar-refractivity contribution in [3.05, 3.63) is 29.8 Å². The van der Waals surface area contributed by atoms with Gasteiger partial charge in [-0.2, -0.15) is 0 Å². The van der Waals surface area contributed by atoms with Crippen molar-refractivity contribution in [1.29, 1.82) is 0 Å². The van der Waals surface area contributed by atoms with Crippen LogP contribution in [0.5, 0.6) is 5.75 Å². The van der Waals surface area contributed by atoms with Crippen molar-refractivity contribution in [3.63, 3.8) is 0 Å². The fourth-order valence-corrected chi connectivity index (χ4v) is 0.853. The number of methoxy groups -OCH3 is 1. The third kappa shape index (κ3) is 2.27. The molecule has 12 heavy (non-hydrogen) atoms. The van der Waals surface area contributed by atoms with E-state index in [0.717, 1.165) is 5.56 Å². The Bertz CT molecular complexity index is 264. The number of aromatic hydroxyl groups is 1. The first-order valence-corrected chi connectivity index (χ1v) is 3.57. The van der Waals surface area contributed by atoms with Gasteiger partial charge in [0.1, 0.15) is 5.75 Å². The molecule has 0 fully saturated rings. The summed E-state index contributed by atoms with van der Waals surface area (Å²) in [5.41, 5.74) is 0.833. The highest BCUT2D eigenvalue weighted by Crippen LogP contribution is 2.10. The van der Waals surface area contributed by atoms with E-state index in [9.17, 15) is 4.79 Å². The second-order valence-corrected chi connectivity index (χ2v) is 2.42. The minimum Gasteiger partial charge on any atom is -0.508 e. The summed E-state index contributed by atoms with van der Waals surface area (Å²) in [6.07, 6.45) is 0.247. The zero-order valence-electron chi connectivity index (χ0n) is 6.78. The van der Waals surface area contributed by atoms with Crippen LogP contribution >= 0.6 is 0 Å². The highest BCUT2D eigenvalue weighted by atomic mass is 16.6. The Labute approximate surface area is 70.6 Å². The van der Waals surface area contributed by atoms with Crippen LogP contribution in [0.25, 0.3) is 0 Å². The molecule has 1 aromatic carbocycles. The molecule has 64 valence electrons. The number of benzene rings is 1. The van der Waals surface area contributed by atoms with Gasteiger partial charge < -0.3 is 9.84 Å². The maximum absolute atomic E-state index is 10.8. The summed E-state index contributed by atoms with van der Waals surface area (Å²) in [7, 11) is 1.35. The van der Waals surface area contributed by atoms with Gasteiger partial charge >= 0.3 is 5.97 Å². The molecule has 0 heterocycles. The van der Waals surface area contributed by atoms with Crippen molar-refractivity contribution in [2.45, 2.75) is 6.42 Å². The molecular weight excluding hydrogens is 157 g/mol. The van der Waals surface area contributed by atoms with Gasteiger partial charge in [0.25, 0.3) is 0 Å². The van der Waals surface area contributed by atoms with Crippen LogP contribution in [-0.4, -0.2) is 18.2 Å². The molecule has 0 aromatic heterocycles. The molecule has 1 aromatic rings. The molecule has 0 radical (unpaired) electrons. The molecule has 3 heteroatoms. The van der Waals surface area contributed by atoms with Gasteiger partial charge in [0, 0.05) is 0 Å². The van der Waals surface area contributed by atoms with E-state index < -0.39 is 0 Å². The van der Waals surface area contributed by atoms with Crippen molar-refractivity contribution in [3.8, 4) is 5.75 Å². The Morgan fingerprint density at radius 2 is 2.00 bits per heavy atom. The monoisotopic (exact) mass is 167 g/mol. The van der Waals surface area contributed by atoms with Crippen molar-refractivity contribution >= 4 is 5.97 Å². The Hall–Kier alpha value is -1.51. The number of phenols is 1. The summed E-state index contributed by atoms with van der Waals surface area (Å²) in [6, 6.07) is 6.45. The summed E-state index contributed by atoms with van der Waals surface area (Å²) in [5.74, 6) is -0.0793. The number of phenolic OH excluding ortho intramolecular Hbond substituents is 1. The SMILES string of the molecule is CO[13C](=O)Cc1ccc(O)cc1. The molecule has 0 spiro atoms. The molecule has 0 aliphatic carbocycles. The van der Waals surface area contributed by atoms with Gasteiger partial charge in [0.05, 0.1) is 13.5 Å². The summed E-state index contributed by atoms with van der Waals surface area (Å²) < 4.78 is 4.48. The highest BCUT2D eigenvalue weighted by molar-refractivity contribution is 5.72. The largest absolute Gasteiger partial charge is 0.508 e. The fourth-order valence-electron chi connectivity index (χ4n) is 0.853. The third-order valence-electron chi connectivity index (χ3n) is 1.51. The van der Waals surface area contributed by atoms with Gasteiger partial charge in [-0.15, -0.1) is 0 Å². The predicted molar refractivity (Wildman–Crippen MR) is 43.8 cm³/mol. The predicted octanol–water partition coefficient (Wildman–Crippen LogP) is 1.11. The van der Waals surface area contributed by atoms with Crippen LogP contribution in [0, 0.1) is 0 Å². The Morgan fingerprint density at radius 3 is 2.50 bits per heavy atom. The highest BCUT2D eigenvalue weighted by Gasteiger charge is 2.01. The van der Waals surface area contributed by atoms with Crippen LogP contribution < -0.4 is 0 Å². The lowest BCUT2D eigenvalue weighted by molar-refractivity contribution is -0.139. The number of esters is 1. The number of hydrogen-bond donors (Lipinski definition) is 1. The van der Waals surface area contributed by atoms with E-state index >= 15 is 0 Å². The topological polar surface area (TPSA) is 46.5 Å². The lowest BCUT2D eigenvalue weighted by atomic mass is 10.2. The van der Waals surface area contributed by atoms with Gasteiger partial charge in [0.15, 0.2) is 0 Å². The van der Waals surface area contributed by atoms with Crippen molar-refractivity contribution in [1.82, 2.24) is 0 Å². The smallest absolute Gasteiger partial charge is 0.309 e. The quantitative estimate of drug-likeness (QED) is 0.530. The van der Waals surface area contributed by atoms with Crippen molar-refractivity contribution in [2.24, 2.45) is 0 Å². The zero-order valence-corrected chi connectivity index (χ0v) is 6.78. The van der Waals surface area contributed by atoms with Gasteiger partial charge in [-0.3, -0.25) is 4.79 Å².